The maximum atomic E-state index is 11.6. The number of esters is 1. The van der Waals surface area contributed by atoms with Crippen LogP contribution in [0.4, 0.5) is 0 Å². The summed E-state index contributed by atoms with van der Waals surface area (Å²) in [5.74, 6) is -3.25. The van der Waals surface area contributed by atoms with Gasteiger partial charge in [0.1, 0.15) is 6.61 Å². The number of aliphatic hydroxyl groups excluding tert-OH is 2. The molecular weight excluding hydrogens is 1020 g/mol. The fourth-order valence-electron chi connectivity index (χ4n) is 9.31. The van der Waals surface area contributed by atoms with Gasteiger partial charge in [0.2, 0.25) is 0 Å². The third kappa shape index (κ3) is 54.0. The Hall–Kier alpha value is -4.63. The van der Waals surface area contributed by atoms with Crippen molar-refractivity contribution < 1.29 is 68.8 Å². The highest BCUT2D eigenvalue weighted by Gasteiger charge is 2.29. The molecule has 0 radical (unpaired) electrons. The highest BCUT2D eigenvalue weighted by Crippen LogP contribution is 2.42. The minimum Gasteiger partial charge on any atom is -0.481 e. The third-order valence-corrected chi connectivity index (χ3v) is 13.9. The van der Waals surface area contributed by atoms with E-state index in [0.717, 1.165) is 58.0 Å². The highest BCUT2D eigenvalue weighted by molar-refractivity contribution is 5.87. The van der Waals surface area contributed by atoms with Gasteiger partial charge in [0.15, 0.2) is 0 Å². The van der Waals surface area contributed by atoms with E-state index in [0.29, 0.717) is 50.2 Å². The highest BCUT2D eigenvalue weighted by atomic mass is 16.6. The second-order valence-electron chi connectivity index (χ2n) is 21.1. The number of aliphatic carboxylic acids is 2. The monoisotopic (exact) mass is 1130 g/mol. The van der Waals surface area contributed by atoms with E-state index < -0.39 is 23.9 Å². The number of carboxylic acids is 4. The van der Waals surface area contributed by atoms with Crippen LogP contribution in [0, 0.1) is 5.41 Å². The standard InChI is InChI=1S/C25H48O4.C23H42O3.2C7H6O2.C4H10O3/c1-3-5-7-9-11-13-19-25(21-15-17-23(26)27,22-16-18-24(28)29)20-14-12-10-8-6-4-2;1-2-3-4-5-6-7-8-9-10-11-12-13-14-15-16-19-23(24)26-21-22-18-17-20-25-22;2*8-7(9)6-4-2-1-3-5-6;5-1-3-7-4-2-6/h3-22H2,1-2H3,(H,26,27)(H,28,29);9-10,22H,2-8,11-21H2,1H3;2*1-5H,(H,8,9);5-6H,1-4H2/b;10-9-;;;. The zero-order valence-corrected chi connectivity index (χ0v) is 50.2. The van der Waals surface area contributed by atoms with Gasteiger partial charge in [0, 0.05) is 25.9 Å². The van der Waals surface area contributed by atoms with Crippen molar-refractivity contribution in [3.8, 4) is 0 Å². The number of unbranched alkanes of at least 4 members (excludes halogenated alkanes) is 21. The van der Waals surface area contributed by atoms with Gasteiger partial charge in [-0.25, -0.2) is 9.59 Å². The number of carbonyl (C=O) groups excluding carboxylic acids is 1. The molecule has 0 spiro atoms. The largest absolute Gasteiger partial charge is 0.481 e. The lowest BCUT2D eigenvalue weighted by Gasteiger charge is -2.35. The van der Waals surface area contributed by atoms with Gasteiger partial charge in [-0.3, -0.25) is 14.4 Å². The molecule has 2 aromatic rings. The molecule has 1 fully saturated rings. The summed E-state index contributed by atoms with van der Waals surface area (Å²) < 4.78 is 15.4. The maximum absolute atomic E-state index is 11.6. The molecule has 1 unspecified atom stereocenters. The number of aliphatic hydroxyl groups is 2. The zero-order chi connectivity index (χ0) is 59.4. The first-order valence-electron chi connectivity index (χ1n) is 31.0. The first-order chi connectivity index (χ1) is 38.8. The second kappa shape index (κ2) is 59.0. The summed E-state index contributed by atoms with van der Waals surface area (Å²) in [6.07, 6.45) is 45.4. The SMILES string of the molecule is CCCCCCCC/C=C\CCCCCCCC(=O)OCC1CCCO1.CCCCCCCCC(CCCCCCCC)(CCCC(=O)O)CCCC(=O)O.O=C(O)c1ccccc1.O=C(O)c1ccccc1.OCCOCCO. The molecule has 1 heterocycles. The summed E-state index contributed by atoms with van der Waals surface area (Å²) in [4.78, 5) is 54.1. The van der Waals surface area contributed by atoms with Crippen LogP contribution in [0.2, 0.25) is 0 Å². The zero-order valence-electron chi connectivity index (χ0n) is 50.2. The molecule has 80 heavy (non-hydrogen) atoms. The molecule has 6 N–H and O–H groups in total. The fraction of sp³-hybridized carbons (Fsp3) is 0.712. The molecule has 2 aromatic carbocycles. The quantitative estimate of drug-likeness (QED) is 0.0206. The topological polar surface area (TPSA) is 234 Å². The van der Waals surface area contributed by atoms with Gasteiger partial charge in [-0.15, -0.1) is 0 Å². The van der Waals surface area contributed by atoms with E-state index in [1.165, 1.54) is 148 Å². The number of rotatable bonds is 45. The molecule has 3 rings (SSSR count). The van der Waals surface area contributed by atoms with Gasteiger partial charge in [-0.1, -0.05) is 198 Å². The summed E-state index contributed by atoms with van der Waals surface area (Å²) in [7, 11) is 0. The van der Waals surface area contributed by atoms with Crippen LogP contribution in [0.15, 0.2) is 72.8 Å². The van der Waals surface area contributed by atoms with Gasteiger partial charge in [-0.05, 0) is 113 Å². The molecule has 1 saturated heterocycles. The Morgan fingerprint density at radius 2 is 0.875 bits per heavy atom. The Kier molecular flexibility index (Phi) is 57.1. The predicted molar refractivity (Wildman–Crippen MR) is 323 cm³/mol. The Bertz CT molecular complexity index is 1640. The number of hydrogen-bond acceptors (Lipinski definition) is 10. The summed E-state index contributed by atoms with van der Waals surface area (Å²) in [6.45, 7) is 8.69. The second-order valence-corrected chi connectivity index (χ2v) is 21.1. The van der Waals surface area contributed by atoms with Crippen LogP contribution in [0.25, 0.3) is 0 Å². The summed E-state index contributed by atoms with van der Waals surface area (Å²) in [5.41, 5.74) is 0.801. The van der Waals surface area contributed by atoms with Crippen molar-refractivity contribution in [1.29, 1.82) is 0 Å². The van der Waals surface area contributed by atoms with Crippen molar-refractivity contribution in [2.24, 2.45) is 5.41 Å². The lowest BCUT2D eigenvalue weighted by atomic mass is 9.71. The van der Waals surface area contributed by atoms with Crippen molar-refractivity contribution >= 4 is 29.8 Å². The van der Waals surface area contributed by atoms with Crippen LogP contribution in [0.1, 0.15) is 273 Å². The smallest absolute Gasteiger partial charge is 0.335 e. The lowest BCUT2D eigenvalue weighted by Crippen LogP contribution is -2.22. The van der Waals surface area contributed by atoms with Crippen LogP contribution in [-0.4, -0.2) is 106 Å². The molecular formula is C66H112O14. The van der Waals surface area contributed by atoms with Crippen LogP contribution in [0.3, 0.4) is 0 Å². The average molecular weight is 1130 g/mol. The van der Waals surface area contributed by atoms with Gasteiger partial charge < -0.3 is 44.8 Å². The van der Waals surface area contributed by atoms with Crippen LogP contribution in [0.5, 0.6) is 0 Å². The molecule has 1 aliphatic heterocycles. The van der Waals surface area contributed by atoms with Crippen LogP contribution >= 0.6 is 0 Å². The Morgan fingerprint density at radius 1 is 0.500 bits per heavy atom. The Labute approximate surface area is 483 Å². The number of ether oxygens (including phenoxy) is 3. The summed E-state index contributed by atoms with van der Waals surface area (Å²) >= 11 is 0. The minimum absolute atomic E-state index is 0.0278. The van der Waals surface area contributed by atoms with Gasteiger partial charge in [0.25, 0.3) is 0 Å². The molecule has 460 valence electrons. The van der Waals surface area contributed by atoms with Crippen molar-refractivity contribution in [3.63, 3.8) is 0 Å². The van der Waals surface area contributed by atoms with E-state index in [9.17, 15) is 24.0 Å². The summed E-state index contributed by atoms with van der Waals surface area (Å²) in [5, 5.41) is 51.1. The average Bonchev–Trinajstić information content (AvgIpc) is 3.98. The number of benzene rings is 2. The van der Waals surface area contributed by atoms with E-state index in [4.69, 9.17) is 40.1 Å². The van der Waals surface area contributed by atoms with Crippen LogP contribution < -0.4 is 0 Å². The maximum Gasteiger partial charge on any atom is 0.335 e. The molecule has 0 bridgehead atoms. The number of aromatic carboxylic acids is 2. The van der Waals surface area contributed by atoms with E-state index in [2.05, 4.69) is 37.7 Å². The number of hydrogen-bond donors (Lipinski definition) is 6. The normalized spacial score (nSPS) is 12.6. The molecule has 0 saturated carbocycles. The van der Waals surface area contributed by atoms with Crippen LogP contribution in [-0.2, 0) is 28.6 Å². The van der Waals surface area contributed by atoms with E-state index in [-0.39, 0.29) is 43.5 Å². The first kappa shape index (κ1) is 77.4. The molecule has 14 nitrogen and oxygen atoms in total. The van der Waals surface area contributed by atoms with E-state index in [1.807, 2.05) is 0 Å². The molecule has 0 amide bonds. The lowest BCUT2D eigenvalue weighted by molar-refractivity contribution is -0.147. The molecule has 1 atom stereocenters. The summed E-state index contributed by atoms with van der Waals surface area (Å²) in [6, 6.07) is 16.6. The molecule has 14 heteroatoms. The van der Waals surface area contributed by atoms with Gasteiger partial charge in [-0.2, -0.15) is 0 Å². The first-order valence-corrected chi connectivity index (χ1v) is 31.0. The minimum atomic E-state index is -0.879. The van der Waals surface area contributed by atoms with Crippen molar-refractivity contribution in [3.05, 3.63) is 83.9 Å². The fourth-order valence-corrected chi connectivity index (χ4v) is 9.31. The number of carbonyl (C=O) groups is 5. The Morgan fingerprint density at radius 3 is 1.23 bits per heavy atom. The number of allylic oxidation sites excluding steroid dienone is 2. The van der Waals surface area contributed by atoms with E-state index >= 15 is 0 Å². The molecule has 1 aliphatic rings. The molecule has 0 aliphatic carbocycles. The van der Waals surface area contributed by atoms with Gasteiger partial charge in [0.05, 0.1) is 43.7 Å². The van der Waals surface area contributed by atoms with E-state index in [1.54, 1.807) is 60.7 Å². The van der Waals surface area contributed by atoms with Gasteiger partial charge >= 0.3 is 29.8 Å². The number of carboxylic acid groups (broad SMARTS) is 4. The third-order valence-electron chi connectivity index (χ3n) is 13.9. The Balaban J connectivity index is 0. The molecule has 0 aromatic heterocycles. The van der Waals surface area contributed by atoms with Crippen molar-refractivity contribution in [2.45, 2.75) is 258 Å². The van der Waals surface area contributed by atoms with Crippen molar-refractivity contribution in [1.82, 2.24) is 0 Å². The van der Waals surface area contributed by atoms with Crippen molar-refractivity contribution in [2.75, 3.05) is 39.6 Å². The predicted octanol–water partition coefficient (Wildman–Crippen LogP) is 16.5.